The molecule has 1 heterocycles. The van der Waals surface area contributed by atoms with Crippen LogP contribution in [0, 0.1) is 0 Å². The molecule has 3 rings (SSSR count). The molecule has 0 aliphatic heterocycles. The zero-order valence-corrected chi connectivity index (χ0v) is 14.2. The Kier molecular flexibility index (Phi) is 5.59. The number of ether oxygens (including phenoxy) is 2. The number of thiophene rings is 1. The van der Waals surface area contributed by atoms with Crippen LogP contribution in [0.2, 0.25) is 0 Å². The van der Waals surface area contributed by atoms with Gasteiger partial charge < -0.3 is 9.47 Å². The van der Waals surface area contributed by atoms with Crippen molar-refractivity contribution in [2.24, 2.45) is 0 Å². The van der Waals surface area contributed by atoms with E-state index in [0.29, 0.717) is 29.2 Å². The maximum absolute atomic E-state index is 12.1. The summed E-state index contributed by atoms with van der Waals surface area (Å²) in [6, 6.07) is 19.7. The predicted molar refractivity (Wildman–Crippen MR) is 96.1 cm³/mol. The third kappa shape index (κ3) is 4.78. The number of carbonyl (C=O) groups excluding carboxylic acids is 2. The fourth-order valence-electron chi connectivity index (χ4n) is 2.23. The molecule has 1 aromatic heterocycles. The standard InChI is InChI=1S/C20H16O4S/c21-19(23-12-11-15-6-2-1-3-7-15)16-8-4-9-17(14-16)24-20(22)18-10-5-13-25-18/h1-10,13-14H,11-12H2. The van der Waals surface area contributed by atoms with Gasteiger partial charge in [0.1, 0.15) is 10.6 Å². The van der Waals surface area contributed by atoms with E-state index >= 15 is 0 Å². The molecule has 0 bridgehead atoms. The van der Waals surface area contributed by atoms with Crippen LogP contribution in [-0.4, -0.2) is 18.5 Å². The molecule has 0 fully saturated rings. The van der Waals surface area contributed by atoms with Crippen molar-refractivity contribution in [3.63, 3.8) is 0 Å². The summed E-state index contributed by atoms with van der Waals surface area (Å²) >= 11 is 1.30. The molecule has 3 aromatic rings. The first-order valence-corrected chi connectivity index (χ1v) is 8.67. The first-order valence-electron chi connectivity index (χ1n) is 7.79. The minimum Gasteiger partial charge on any atom is -0.462 e. The van der Waals surface area contributed by atoms with Crippen molar-refractivity contribution < 1.29 is 19.1 Å². The Morgan fingerprint density at radius 3 is 2.48 bits per heavy atom. The molecule has 0 aliphatic carbocycles. The van der Waals surface area contributed by atoms with Crippen LogP contribution in [0.15, 0.2) is 72.1 Å². The van der Waals surface area contributed by atoms with E-state index < -0.39 is 11.9 Å². The number of benzene rings is 2. The Balaban J connectivity index is 1.57. The molecule has 0 spiro atoms. The third-order valence-corrected chi connectivity index (χ3v) is 4.32. The van der Waals surface area contributed by atoms with Crippen molar-refractivity contribution >= 4 is 23.3 Å². The van der Waals surface area contributed by atoms with Crippen molar-refractivity contribution in [3.05, 3.63) is 88.1 Å². The molecule has 2 aromatic carbocycles. The second-order valence-electron chi connectivity index (χ2n) is 5.27. The molecule has 0 atom stereocenters. The molecule has 0 unspecified atom stereocenters. The Hall–Kier alpha value is -2.92. The normalized spacial score (nSPS) is 10.2. The lowest BCUT2D eigenvalue weighted by atomic mass is 10.2. The molecule has 0 saturated heterocycles. The van der Waals surface area contributed by atoms with Crippen LogP contribution in [-0.2, 0) is 11.2 Å². The quantitative estimate of drug-likeness (QED) is 0.488. The Morgan fingerprint density at radius 1 is 0.880 bits per heavy atom. The molecular weight excluding hydrogens is 336 g/mol. The number of esters is 2. The average Bonchev–Trinajstić information content (AvgIpc) is 3.18. The van der Waals surface area contributed by atoms with Crippen LogP contribution >= 0.6 is 11.3 Å². The molecule has 5 heteroatoms. The molecule has 4 nitrogen and oxygen atoms in total. The van der Waals surface area contributed by atoms with Crippen molar-refractivity contribution in [2.45, 2.75) is 6.42 Å². The van der Waals surface area contributed by atoms with Crippen LogP contribution in [0.3, 0.4) is 0 Å². The van der Waals surface area contributed by atoms with E-state index in [2.05, 4.69) is 0 Å². The van der Waals surface area contributed by atoms with Gasteiger partial charge in [0.2, 0.25) is 0 Å². The molecule has 0 amide bonds. The van der Waals surface area contributed by atoms with Gasteiger partial charge in [-0.25, -0.2) is 9.59 Å². The zero-order chi connectivity index (χ0) is 17.5. The summed E-state index contributed by atoms with van der Waals surface area (Å²) in [7, 11) is 0. The van der Waals surface area contributed by atoms with Gasteiger partial charge in [0, 0.05) is 6.42 Å². The highest BCUT2D eigenvalue weighted by atomic mass is 32.1. The molecule has 0 N–H and O–H groups in total. The largest absolute Gasteiger partial charge is 0.462 e. The van der Waals surface area contributed by atoms with Crippen LogP contribution in [0.25, 0.3) is 0 Å². The number of carbonyl (C=O) groups is 2. The van der Waals surface area contributed by atoms with Gasteiger partial charge in [-0.3, -0.25) is 0 Å². The summed E-state index contributed by atoms with van der Waals surface area (Å²) in [4.78, 5) is 24.6. The smallest absolute Gasteiger partial charge is 0.353 e. The molecular formula is C20H16O4S. The summed E-state index contributed by atoms with van der Waals surface area (Å²) in [6.07, 6.45) is 0.652. The zero-order valence-electron chi connectivity index (χ0n) is 13.4. The van der Waals surface area contributed by atoms with E-state index in [4.69, 9.17) is 9.47 Å². The van der Waals surface area contributed by atoms with Gasteiger partial charge in [0.05, 0.1) is 12.2 Å². The lowest BCUT2D eigenvalue weighted by Crippen LogP contribution is -2.10. The van der Waals surface area contributed by atoms with Crippen LogP contribution in [0.4, 0.5) is 0 Å². The number of hydrogen-bond acceptors (Lipinski definition) is 5. The van der Waals surface area contributed by atoms with E-state index in [1.54, 1.807) is 35.7 Å². The van der Waals surface area contributed by atoms with E-state index in [9.17, 15) is 9.59 Å². The van der Waals surface area contributed by atoms with Gasteiger partial charge in [-0.2, -0.15) is 0 Å². The summed E-state index contributed by atoms with van der Waals surface area (Å²) < 4.78 is 10.6. The molecule has 0 saturated carbocycles. The number of hydrogen-bond donors (Lipinski definition) is 0. The Bertz CT molecular complexity index is 841. The first kappa shape index (κ1) is 16.9. The van der Waals surface area contributed by atoms with E-state index in [1.165, 1.54) is 17.4 Å². The van der Waals surface area contributed by atoms with E-state index in [1.807, 2.05) is 30.3 Å². The highest BCUT2D eigenvalue weighted by Gasteiger charge is 2.12. The maximum Gasteiger partial charge on any atom is 0.353 e. The maximum atomic E-state index is 12.1. The number of rotatable bonds is 6. The lowest BCUT2D eigenvalue weighted by molar-refractivity contribution is 0.0507. The molecule has 126 valence electrons. The van der Waals surface area contributed by atoms with Gasteiger partial charge in [0.15, 0.2) is 0 Å². The van der Waals surface area contributed by atoms with Crippen molar-refractivity contribution in [3.8, 4) is 5.75 Å². The van der Waals surface area contributed by atoms with Gasteiger partial charge in [-0.05, 0) is 35.2 Å². The Labute approximate surface area is 149 Å². The minimum atomic E-state index is -0.440. The minimum absolute atomic E-state index is 0.294. The van der Waals surface area contributed by atoms with E-state index in [0.717, 1.165) is 5.56 Å². The topological polar surface area (TPSA) is 52.6 Å². The SMILES string of the molecule is O=C(OCCc1ccccc1)c1cccc(OC(=O)c2cccs2)c1. The highest BCUT2D eigenvalue weighted by molar-refractivity contribution is 7.12. The Morgan fingerprint density at radius 2 is 1.72 bits per heavy atom. The second kappa shape index (κ2) is 8.26. The summed E-state index contributed by atoms with van der Waals surface area (Å²) in [6.45, 7) is 0.294. The van der Waals surface area contributed by atoms with Gasteiger partial charge in [-0.1, -0.05) is 42.5 Å². The van der Waals surface area contributed by atoms with Crippen molar-refractivity contribution in [2.75, 3.05) is 6.61 Å². The monoisotopic (exact) mass is 352 g/mol. The van der Waals surface area contributed by atoms with Gasteiger partial charge in [0.25, 0.3) is 0 Å². The second-order valence-corrected chi connectivity index (χ2v) is 6.21. The third-order valence-electron chi connectivity index (χ3n) is 3.47. The predicted octanol–water partition coefficient (Wildman–Crippen LogP) is 4.37. The summed E-state index contributed by atoms with van der Waals surface area (Å²) in [5, 5.41) is 1.80. The van der Waals surface area contributed by atoms with Crippen molar-refractivity contribution in [1.82, 2.24) is 0 Å². The lowest BCUT2D eigenvalue weighted by Gasteiger charge is -2.07. The highest BCUT2D eigenvalue weighted by Crippen LogP contribution is 2.18. The van der Waals surface area contributed by atoms with Gasteiger partial charge in [-0.15, -0.1) is 11.3 Å². The average molecular weight is 352 g/mol. The first-order chi connectivity index (χ1) is 12.2. The van der Waals surface area contributed by atoms with Crippen LogP contribution in [0.1, 0.15) is 25.6 Å². The van der Waals surface area contributed by atoms with Crippen LogP contribution < -0.4 is 4.74 Å². The van der Waals surface area contributed by atoms with E-state index in [-0.39, 0.29) is 0 Å². The van der Waals surface area contributed by atoms with Gasteiger partial charge >= 0.3 is 11.9 Å². The fraction of sp³-hybridized carbons (Fsp3) is 0.100. The summed E-state index contributed by atoms with van der Waals surface area (Å²) in [5.41, 5.74) is 1.46. The van der Waals surface area contributed by atoms with Crippen molar-refractivity contribution in [1.29, 1.82) is 0 Å². The molecule has 25 heavy (non-hydrogen) atoms. The van der Waals surface area contributed by atoms with Crippen LogP contribution in [0.5, 0.6) is 5.75 Å². The molecule has 0 radical (unpaired) electrons. The summed E-state index contributed by atoms with van der Waals surface area (Å²) in [5.74, 6) is -0.564. The fourth-order valence-corrected chi connectivity index (χ4v) is 2.83. The molecule has 0 aliphatic rings.